The Bertz CT molecular complexity index is 880. The Kier molecular flexibility index (Phi) is 3.26. The van der Waals surface area contributed by atoms with Crippen LogP contribution in [0, 0.1) is 0 Å². The molecule has 5 nitrogen and oxygen atoms in total. The Morgan fingerprint density at radius 2 is 1.96 bits per heavy atom. The molecule has 3 aromatic rings. The minimum absolute atomic E-state index is 0.110. The number of hydrogen-bond donors (Lipinski definition) is 3. The smallest absolute Gasteiger partial charge is 0.230 e. The maximum Gasteiger partial charge on any atom is 0.230 e. The van der Waals surface area contributed by atoms with Crippen molar-refractivity contribution in [1.82, 2.24) is 10.2 Å². The van der Waals surface area contributed by atoms with E-state index in [2.05, 4.69) is 15.5 Å². The number of nitrogens with two attached hydrogens (primary N) is 1. The molecule has 1 aromatic heterocycles. The predicted octanol–water partition coefficient (Wildman–Crippen LogP) is 3.20. The topological polar surface area (TPSA) is 83.8 Å². The number of anilines is 2. The van der Waals surface area contributed by atoms with Gasteiger partial charge in [0, 0.05) is 23.4 Å². The molecular formula is C18H18N4O. The average Bonchev–Trinajstić information content (AvgIpc) is 3.28. The van der Waals surface area contributed by atoms with E-state index in [-0.39, 0.29) is 12.3 Å². The van der Waals surface area contributed by atoms with Gasteiger partial charge in [0.05, 0.1) is 6.42 Å². The van der Waals surface area contributed by atoms with E-state index in [4.69, 9.17) is 5.73 Å². The first-order valence-electron chi connectivity index (χ1n) is 7.81. The lowest BCUT2D eigenvalue weighted by Crippen LogP contribution is -2.15. The molecule has 1 heterocycles. The van der Waals surface area contributed by atoms with Crippen molar-refractivity contribution in [2.24, 2.45) is 0 Å². The molecule has 4 rings (SSSR count). The summed E-state index contributed by atoms with van der Waals surface area (Å²) in [6.07, 6.45) is 2.63. The highest BCUT2D eigenvalue weighted by Gasteiger charge is 2.25. The standard InChI is InChI=1S/C18H18N4O/c19-15-8-13-4-2-1-3-12(13)7-14(15)9-18(23)20-17-10-16(21-22-17)11-5-6-11/h1-4,7-8,10-11H,5-6,9,19H2,(H2,20,21,22,23). The zero-order valence-corrected chi connectivity index (χ0v) is 12.7. The van der Waals surface area contributed by atoms with E-state index in [1.165, 1.54) is 12.8 Å². The molecule has 0 aliphatic heterocycles. The third kappa shape index (κ3) is 2.90. The van der Waals surface area contributed by atoms with E-state index in [0.29, 0.717) is 17.4 Å². The van der Waals surface area contributed by atoms with Crippen LogP contribution in [0.25, 0.3) is 10.8 Å². The Balaban J connectivity index is 1.50. The highest BCUT2D eigenvalue weighted by atomic mass is 16.1. The molecule has 0 bridgehead atoms. The van der Waals surface area contributed by atoms with Gasteiger partial charge in [0.25, 0.3) is 0 Å². The summed E-state index contributed by atoms with van der Waals surface area (Å²) in [5.41, 5.74) is 8.65. The Morgan fingerprint density at radius 3 is 2.70 bits per heavy atom. The number of rotatable bonds is 4. The van der Waals surface area contributed by atoms with Crippen molar-refractivity contribution in [3.05, 3.63) is 53.7 Å². The molecule has 1 amide bonds. The Labute approximate surface area is 133 Å². The zero-order valence-electron chi connectivity index (χ0n) is 12.7. The van der Waals surface area contributed by atoms with E-state index in [9.17, 15) is 4.79 Å². The van der Waals surface area contributed by atoms with Crippen molar-refractivity contribution >= 4 is 28.2 Å². The van der Waals surface area contributed by atoms with Crippen LogP contribution in [0.5, 0.6) is 0 Å². The second-order valence-corrected chi connectivity index (χ2v) is 6.11. The minimum Gasteiger partial charge on any atom is -0.398 e. The summed E-state index contributed by atoms with van der Waals surface area (Å²) in [4.78, 5) is 12.2. The van der Waals surface area contributed by atoms with Crippen LogP contribution in [-0.2, 0) is 11.2 Å². The van der Waals surface area contributed by atoms with E-state index in [1.807, 2.05) is 42.5 Å². The van der Waals surface area contributed by atoms with Crippen LogP contribution in [-0.4, -0.2) is 16.1 Å². The largest absolute Gasteiger partial charge is 0.398 e. The first-order chi connectivity index (χ1) is 11.2. The first kappa shape index (κ1) is 13.8. The van der Waals surface area contributed by atoms with Crippen molar-refractivity contribution in [3.63, 3.8) is 0 Å². The van der Waals surface area contributed by atoms with Gasteiger partial charge in [0.1, 0.15) is 0 Å². The third-order valence-electron chi connectivity index (χ3n) is 4.24. The summed E-state index contributed by atoms with van der Waals surface area (Å²) in [5, 5.41) is 12.1. The summed E-state index contributed by atoms with van der Waals surface area (Å²) in [5.74, 6) is 1.06. The lowest BCUT2D eigenvalue weighted by molar-refractivity contribution is -0.115. The van der Waals surface area contributed by atoms with Crippen molar-refractivity contribution in [1.29, 1.82) is 0 Å². The highest BCUT2D eigenvalue weighted by Crippen LogP contribution is 2.39. The molecule has 0 saturated heterocycles. The minimum atomic E-state index is -0.110. The SMILES string of the molecule is Nc1cc2ccccc2cc1CC(=O)Nc1cc(C2CC2)[nH]n1. The number of aromatic amines is 1. The van der Waals surface area contributed by atoms with E-state index in [1.54, 1.807) is 0 Å². The van der Waals surface area contributed by atoms with Gasteiger partial charge >= 0.3 is 0 Å². The van der Waals surface area contributed by atoms with Gasteiger partial charge in [0.15, 0.2) is 5.82 Å². The molecule has 5 heteroatoms. The molecule has 0 atom stereocenters. The highest BCUT2D eigenvalue weighted by molar-refractivity contribution is 5.94. The molecule has 0 spiro atoms. The van der Waals surface area contributed by atoms with Crippen molar-refractivity contribution in [2.45, 2.75) is 25.2 Å². The van der Waals surface area contributed by atoms with Gasteiger partial charge < -0.3 is 11.1 Å². The number of nitrogen functional groups attached to an aromatic ring is 1. The number of nitrogens with zero attached hydrogens (tertiary/aromatic N) is 1. The number of amides is 1. The Morgan fingerprint density at radius 1 is 1.22 bits per heavy atom. The molecule has 116 valence electrons. The molecule has 1 aliphatic rings. The monoisotopic (exact) mass is 306 g/mol. The molecule has 1 fully saturated rings. The fourth-order valence-electron chi connectivity index (χ4n) is 2.82. The van der Waals surface area contributed by atoms with Crippen LogP contribution in [0.2, 0.25) is 0 Å². The van der Waals surface area contributed by atoms with Crippen LogP contribution < -0.4 is 11.1 Å². The number of aromatic nitrogens is 2. The fraction of sp³-hybridized carbons (Fsp3) is 0.222. The second kappa shape index (κ2) is 5.43. The van der Waals surface area contributed by atoms with Crippen molar-refractivity contribution in [2.75, 3.05) is 11.1 Å². The number of benzene rings is 2. The van der Waals surface area contributed by atoms with E-state index in [0.717, 1.165) is 22.0 Å². The first-order valence-corrected chi connectivity index (χ1v) is 7.81. The third-order valence-corrected chi connectivity index (χ3v) is 4.24. The summed E-state index contributed by atoms with van der Waals surface area (Å²) in [6, 6.07) is 13.8. The Hall–Kier alpha value is -2.82. The van der Waals surface area contributed by atoms with Gasteiger partial charge in [-0.1, -0.05) is 24.3 Å². The van der Waals surface area contributed by atoms with Crippen LogP contribution in [0.3, 0.4) is 0 Å². The maximum absolute atomic E-state index is 12.2. The molecule has 0 radical (unpaired) electrons. The summed E-state index contributed by atoms with van der Waals surface area (Å²) >= 11 is 0. The number of fused-ring (bicyclic) bond motifs is 1. The van der Waals surface area contributed by atoms with Crippen molar-refractivity contribution < 1.29 is 4.79 Å². The second-order valence-electron chi connectivity index (χ2n) is 6.11. The molecule has 2 aromatic carbocycles. The summed E-state index contributed by atoms with van der Waals surface area (Å²) in [6.45, 7) is 0. The molecule has 4 N–H and O–H groups in total. The van der Waals surface area contributed by atoms with E-state index < -0.39 is 0 Å². The number of H-pyrrole nitrogens is 1. The summed E-state index contributed by atoms with van der Waals surface area (Å²) in [7, 11) is 0. The van der Waals surface area contributed by atoms with Gasteiger partial charge in [-0.05, 0) is 41.3 Å². The lowest BCUT2D eigenvalue weighted by atomic mass is 10.0. The maximum atomic E-state index is 12.2. The van der Waals surface area contributed by atoms with E-state index >= 15 is 0 Å². The molecule has 1 aliphatic carbocycles. The van der Waals surface area contributed by atoms with Crippen LogP contribution >= 0.6 is 0 Å². The van der Waals surface area contributed by atoms with Gasteiger partial charge in [-0.3, -0.25) is 9.89 Å². The van der Waals surface area contributed by atoms with Gasteiger partial charge in [-0.2, -0.15) is 5.10 Å². The van der Waals surface area contributed by atoms with Crippen LogP contribution in [0.4, 0.5) is 11.5 Å². The number of hydrogen-bond acceptors (Lipinski definition) is 3. The molecule has 1 saturated carbocycles. The van der Waals surface area contributed by atoms with Crippen LogP contribution in [0.1, 0.15) is 30.0 Å². The summed E-state index contributed by atoms with van der Waals surface area (Å²) < 4.78 is 0. The van der Waals surface area contributed by atoms with Gasteiger partial charge in [-0.25, -0.2) is 0 Å². The number of nitrogens with one attached hydrogen (secondary N) is 2. The normalized spacial score (nSPS) is 14.1. The number of carbonyl (C=O) groups is 1. The van der Waals surface area contributed by atoms with Crippen LogP contribution in [0.15, 0.2) is 42.5 Å². The zero-order chi connectivity index (χ0) is 15.8. The number of carbonyl (C=O) groups excluding carboxylic acids is 1. The van der Waals surface area contributed by atoms with Crippen molar-refractivity contribution in [3.8, 4) is 0 Å². The van der Waals surface area contributed by atoms with Gasteiger partial charge in [0.2, 0.25) is 5.91 Å². The molecule has 23 heavy (non-hydrogen) atoms. The average molecular weight is 306 g/mol. The quantitative estimate of drug-likeness (QED) is 0.647. The fourth-order valence-corrected chi connectivity index (χ4v) is 2.82. The van der Waals surface area contributed by atoms with Gasteiger partial charge in [-0.15, -0.1) is 0 Å². The predicted molar refractivity (Wildman–Crippen MR) is 91.3 cm³/mol. The molecule has 0 unspecified atom stereocenters. The molecular weight excluding hydrogens is 288 g/mol. The lowest BCUT2D eigenvalue weighted by Gasteiger charge is -2.08.